The third-order valence-corrected chi connectivity index (χ3v) is 5.24. The molecule has 0 amide bonds. The van der Waals surface area contributed by atoms with Gasteiger partial charge in [0.15, 0.2) is 0 Å². The zero-order valence-electron chi connectivity index (χ0n) is 12.7. The van der Waals surface area contributed by atoms with Gasteiger partial charge in [0.25, 0.3) is 0 Å². The molecule has 0 saturated carbocycles. The van der Waals surface area contributed by atoms with Crippen molar-refractivity contribution < 1.29 is 8.42 Å². The number of nitrogens with one attached hydrogen (secondary N) is 1. The van der Waals surface area contributed by atoms with Crippen LogP contribution in [0.1, 0.15) is 36.8 Å². The Balaban J connectivity index is 2.30. The van der Waals surface area contributed by atoms with Gasteiger partial charge in [-0.3, -0.25) is 0 Å². The van der Waals surface area contributed by atoms with E-state index < -0.39 is 10.0 Å². The van der Waals surface area contributed by atoms with Gasteiger partial charge < -0.3 is 5.73 Å². The summed E-state index contributed by atoms with van der Waals surface area (Å²) in [6.07, 6.45) is 6.46. The molecule has 0 aliphatic heterocycles. The van der Waals surface area contributed by atoms with Crippen molar-refractivity contribution in [1.82, 2.24) is 4.72 Å². The van der Waals surface area contributed by atoms with Crippen LogP contribution in [0, 0.1) is 0 Å². The summed E-state index contributed by atoms with van der Waals surface area (Å²) in [5, 5.41) is 0. The van der Waals surface area contributed by atoms with Gasteiger partial charge in [0.05, 0.1) is 5.75 Å². The van der Waals surface area contributed by atoms with Crippen LogP contribution in [-0.4, -0.2) is 27.0 Å². The number of hydrogen-bond donors (Lipinski definition) is 2. The average molecular weight is 331 g/mol. The summed E-state index contributed by atoms with van der Waals surface area (Å²) in [6.45, 7) is 0.954. The Bertz CT molecular complexity index is 504. The highest BCUT2D eigenvalue weighted by atomic mass is 32.2. The van der Waals surface area contributed by atoms with Gasteiger partial charge in [-0.15, -0.1) is 0 Å². The van der Waals surface area contributed by atoms with Gasteiger partial charge >= 0.3 is 0 Å². The Kier molecular flexibility index (Phi) is 8.99. The Hall–Kier alpha value is -0.560. The number of hydrogen-bond acceptors (Lipinski definition) is 4. The van der Waals surface area contributed by atoms with Crippen LogP contribution in [0.2, 0.25) is 0 Å². The van der Waals surface area contributed by atoms with Crippen LogP contribution < -0.4 is 10.5 Å². The second-order valence-electron chi connectivity index (χ2n) is 5.08. The molecule has 0 spiro atoms. The molecule has 0 aliphatic carbocycles. The number of sulfonamides is 1. The predicted molar refractivity (Wildman–Crippen MR) is 91.8 cm³/mol. The van der Waals surface area contributed by atoms with Crippen LogP contribution in [-0.2, 0) is 22.3 Å². The summed E-state index contributed by atoms with van der Waals surface area (Å²) >= 11 is 1.85. The molecule has 0 saturated heterocycles. The maximum Gasteiger partial charge on any atom is 0.215 e. The topological polar surface area (TPSA) is 72.2 Å². The third-order valence-electron chi connectivity index (χ3n) is 3.18. The quantitative estimate of drug-likeness (QED) is 0.612. The zero-order chi connectivity index (χ0) is 15.6. The lowest BCUT2D eigenvalue weighted by atomic mass is 10.1. The molecule has 0 aromatic heterocycles. The minimum atomic E-state index is -3.25. The molecule has 0 aliphatic rings. The monoisotopic (exact) mass is 330 g/mol. The largest absolute Gasteiger partial charge is 0.326 e. The van der Waals surface area contributed by atoms with E-state index in [1.54, 1.807) is 0 Å². The standard InChI is InChI=1S/C15H26N2O2S2/c1-20-10-5-3-2-4-9-17-21(18,19)13-15-8-6-7-14(11-15)12-16/h6-8,11,17H,2-5,9-10,12-13,16H2,1H3. The van der Waals surface area contributed by atoms with Gasteiger partial charge in [-0.05, 0) is 36.0 Å². The average Bonchev–Trinajstić information content (AvgIpc) is 2.46. The van der Waals surface area contributed by atoms with E-state index in [9.17, 15) is 8.42 Å². The molecule has 120 valence electrons. The highest BCUT2D eigenvalue weighted by Gasteiger charge is 2.10. The summed E-state index contributed by atoms with van der Waals surface area (Å²) < 4.78 is 26.6. The summed E-state index contributed by atoms with van der Waals surface area (Å²) in [5.74, 6) is 1.20. The van der Waals surface area contributed by atoms with Crippen LogP contribution in [0.15, 0.2) is 24.3 Å². The molecule has 0 heterocycles. The van der Waals surface area contributed by atoms with E-state index in [1.165, 1.54) is 18.6 Å². The van der Waals surface area contributed by atoms with Crippen molar-refractivity contribution in [3.05, 3.63) is 35.4 Å². The minimum absolute atomic E-state index is 0.0211. The molecule has 0 atom stereocenters. The van der Waals surface area contributed by atoms with Crippen LogP contribution in [0.5, 0.6) is 0 Å². The zero-order valence-corrected chi connectivity index (χ0v) is 14.3. The minimum Gasteiger partial charge on any atom is -0.326 e. The van der Waals surface area contributed by atoms with Gasteiger partial charge in [-0.1, -0.05) is 37.1 Å². The molecule has 4 nitrogen and oxygen atoms in total. The number of benzene rings is 1. The van der Waals surface area contributed by atoms with Gasteiger partial charge in [0.1, 0.15) is 0 Å². The van der Waals surface area contributed by atoms with E-state index in [0.29, 0.717) is 13.1 Å². The molecule has 0 unspecified atom stereocenters. The Morgan fingerprint density at radius 1 is 1.14 bits per heavy atom. The van der Waals surface area contributed by atoms with Gasteiger partial charge in [-0.2, -0.15) is 11.8 Å². The second kappa shape index (κ2) is 10.2. The molecule has 3 N–H and O–H groups in total. The maximum atomic E-state index is 12.0. The van der Waals surface area contributed by atoms with Crippen molar-refractivity contribution in [3.8, 4) is 0 Å². The van der Waals surface area contributed by atoms with E-state index in [2.05, 4.69) is 11.0 Å². The second-order valence-corrected chi connectivity index (χ2v) is 7.88. The first-order chi connectivity index (χ1) is 10.1. The van der Waals surface area contributed by atoms with E-state index in [4.69, 9.17) is 5.73 Å². The summed E-state index contributed by atoms with van der Waals surface area (Å²) in [7, 11) is -3.25. The SMILES string of the molecule is CSCCCCCCNS(=O)(=O)Cc1cccc(CN)c1. The number of nitrogens with two attached hydrogens (primary N) is 1. The third kappa shape index (κ3) is 8.46. The fraction of sp³-hybridized carbons (Fsp3) is 0.600. The molecule has 0 bridgehead atoms. The lowest BCUT2D eigenvalue weighted by Crippen LogP contribution is -2.26. The molecule has 6 heteroatoms. The first-order valence-corrected chi connectivity index (χ1v) is 10.4. The lowest BCUT2D eigenvalue weighted by Gasteiger charge is -2.08. The molecule has 0 radical (unpaired) electrons. The van der Waals surface area contributed by atoms with Gasteiger partial charge in [-0.25, -0.2) is 13.1 Å². The van der Waals surface area contributed by atoms with Crippen molar-refractivity contribution in [1.29, 1.82) is 0 Å². The number of thioether (sulfide) groups is 1. The first-order valence-electron chi connectivity index (χ1n) is 7.31. The molecule has 1 aromatic carbocycles. The normalized spacial score (nSPS) is 11.7. The molecule has 1 rings (SSSR count). The van der Waals surface area contributed by atoms with E-state index in [1.807, 2.05) is 36.0 Å². The Morgan fingerprint density at radius 2 is 1.86 bits per heavy atom. The van der Waals surface area contributed by atoms with E-state index in [-0.39, 0.29) is 5.75 Å². The highest BCUT2D eigenvalue weighted by molar-refractivity contribution is 7.98. The molecule has 0 fully saturated rings. The molecule has 21 heavy (non-hydrogen) atoms. The van der Waals surface area contributed by atoms with Crippen molar-refractivity contribution in [2.45, 2.75) is 38.0 Å². The molecule has 1 aromatic rings. The summed E-state index contributed by atoms with van der Waals surface area (Å²) in [5.41, 5.74) is 7.30. The molecular weight excluding hydrogens is 304 g/mol. The fourth-order valence-electron chi connectivity index (χ4n) is 2.07. The van der Waals surface area contributed by atoms with Crippen LogP contribution >= 0.6 is 11.8 Å². The van der Waals surface area contributed by atoms with Gasteiger partial charge in [0, 0.05) is 13.1 Å². The maximum absolute atomic E-state index is 12.0. The lowest BCUT2D eigenvalue weighted by molar-refractivity contribution is 0.573. The van der Waals surface area contributed by atoms with Crippen molar-refractivity contribution in [2.75, 3.05) is 18.6 Å². The van der Waals surface area contributed by atoms with E-state index >= 15 is 0 Å². The van der Waals surface area contributed by atoms with Crippen molar-refractivity contribution >= 4 is 21.8 Å². The van der Waals surface area contributed by atoms with Crippen LogP contribution in [0.25, 0.3) is 0 Å². The number of rotatable bonds is 11. The van der Waals surface area contributed by atoms with E-state index in [0.717, 1.165) is 24.0 Å². The number of unbranched alkanes of at least 4 members (excludes halogenated alkanes) is 3. The fourth-order valence-corrected chi connectivity index (χ4v) is 3.74. The first kappa shape index (κ1) is 18.5. The van der Waals surface area contributed by atoms with Gasteiger partial charge in [0.2, 0.25) is 10.0 Å². The predicted octanol–water partition coefficient (Wildman–Crippen LogP) is 2.49. The Morgan fingerprint density at radius 3 is 2.57 bits per heavy atom. The smallest absolute Gasteiger partial charge is 0.215 e. The highest BCUT2D eigenvalue weighted by Crippen LogP contribution is 2.09. The van der Waals surface area contributed by atoms with Crippen molar-refractivity contribution in [2.24, 2.45) is 5.73 Å². The Labute approximate surface area is 132 Å². The summed E-state index contributed by atoms with van der Waals surface area (Å²) in [6, 6.07) is 7.42. The van der Waals surface area contributed by atoms with Crippen LogP contribution in [0.3, 0.4) is 0 Å². The van der Waals surface area contributed by atoms with Crippen molar-refractivity contribution in [3.63, 3.8) is 0 Å². The molecular formula is C15H26N2O2S2. The van der Waals surface area contributed by atoms with Crippen LogP contribution in [0.4, 0.5) is 0 Å². The summed E-state index contributed by atoms with van der Waals surface area (Å²) in [4.78, 5) is 0.